The Hall–Kier alpha value is -0.350. The van der Waals surface area contributed by atoms with Crippen molar-refractivity contribution in [1.29, 1.82) is 0 Å². The lowest BCUT2D eigenvalue weighted by Gasteiger charge is -2.13. The van der Waals surface area contributed by atoms with Gasteiger partial charge in [0, 0.05) is 35.0 Å². The number of hydrogen-bond acceptors (Lipinski definition) is 2. The molecule has 0 aliphatic heterocycles. The van der Waals surface area contributed by atoms with E-state index in [0.717, 1.165) is 5.69 Å². The van der Waals surface area contributed by atoms with Gasteiger partial charge in [0.2, 0.25) is 0 Å². The van der Waals surface area contributed by atoms with Crippen molar-refractivity contribution < 1.29 is 4.21 Å². The molecule has 2 unspecified atom stereocenters. The molecule has 5 heteroatoms. The van der Waals surface area contributed by atoms with Crippen LogP contribution in [0.5, 0.6) is 0 Å². The van der Waals surface area contributed by atoms with Crippen LogP contribution in [0, 0.1) is 0 Å². The third-order valence-corrected chi connectivity index (χ3v) is 3.06. The van der Waals surface area contributed by atoms with Crippen LogP contribution >= 0.6 is 11.6 Å². The standard InChI is InChI=1S/C8H13ClN2OS/c1-7(5-13(2)12)11-6-10-4-8(11)3-9/h4,6-7H,3,5H2,1-2H3. The molecule has 0 saturated heterocycles. The van der Waals surface area contributed by atoms with E-state index < -0.39 is 10.8 Å². The zero-order chi connectivity index (χ0) is 9.84. The third kappa shape index (κ3) is 2.81. The number of aromatic nitrogens is 2. The molecule has 0 aliphatic carbocycles. The summed E-state index contributed by atoms with van der Waals surface area (Å²) < 4.78 is 13.0. The molecule has 0 aromatic carbocycles. The summed E-state index contributed by atoms with van der Waals surface area (Å²) in [6.45, 7) is 2.01. The summed E-state index contributed by atoms with van der Waals surface area (Å²) in [5, 5.41) is 0. The molecule has 74 valence electrons. The average molecular weight is 221 g/mol. The average Bonchev–Trinajstić information content (AvgIpc) is 2.49. The first-order valence-corrected chi connectivity index (χ1v) is 6.28. The zero-order valence-electron chi connectivity index (χ0n) is 7.74. The topological polar surface area (TPSA) is 34.9 Å². The molecule has 2 atom stereocenters. The summed E-state index contributed by atoms with van der Waals surface area (Å²) in [5.74, 6) is 1.08. The van der Waals surface area contributed by atoms with E-state index in [1.807, 2.05) is 11.5 Å². The van der Waals surface area contributed by atoms with Crippen LogP contribution in [0.25, 0.3) is 0 Å². The minimum Gasteiger partial charge on any atom is -0.330 e. The van der Waals surface area contributed by atoms with Gasteiger partial charge in [0.15, 0.2) is 0 Å². The fourth-order valence-electron chi connectivity index (χ4n) is 1.25. The van der Waals surface area contributed by atoms with Crippen LogP contribution in [0.1, 0.15) is 18.7 Å². The van der Waals surface area contributed by atoms with Gasteiger partial charge in [-0.1, -0.05) is 0 Å². The van der Waals surface area contributed by atoms with Crippen LogP contribution in [0.2, 0.25) is 0 Å². The smallest absolute Gasteiger partial charge is 0.0951 e. The Morgan fingerprint density at radius 3 is 3.00 bits per heavy atom. The van der Waals surface area contributed by atoms with E-state index in [2.05, 4.69) is 4.98 Å². The molecular formula is C8H13ClN2OS. The zero-order valence-corrected chi connectivity index (χ0v) is 9.31. The van der Waals surface area contributed by atoms with Crippen molar-refractivity contribution in [3.63, 3.8) is 0 Å². The highest BCUT2D eigenvalue weighted by atomic mass is 35.5. The molecule has 1 heterocycles. The highest BCUT2D eigenvalue weighted by molar-refractivity contribution is 7.84. The van der Waals surface area contributed by atoms with Crippen LogP contribution in [-0.2, 0) is 16.7 Å². The molecular weight excluding hydrogens is 208 g/mol. The fraction of sp³-hybridized carbons (Fsp3) is 0.625. The van der Waals surface area contributed by atoms with E-state index in [0.29, 0.717) is 11.6 Å². The van der Waals surface area contributed by atoms with Crippen molar-refractivity contribution in [3.05, 3.63) is 18.2 Å². The molecule has 0 saturated carbocycles. The van der Waals surface area contributed by atoms with Gasteiger partial charge in [0.25, 0.3) is 0 Å². The van der Waals surface area contributed by atoms with E-state index in [9.17, 15) is 4.21 Å². The first-order valence-electron chi connectivity index (χ1n) is 4.02. The number of alkyl halides is 1. The lowest BCUT2D eigenvalue weighted by Crippen LogP contribution is -2.13. The molecule has 3 nitrogen and oxygen atoms in total. The normalized spacial score (nSPS) is 15.6. The van der Waals surface area contributed by atoms with Crippen LogP contribution in [0.4, 0.5) is 0 Å². The van der Waals surface area contributed by atoms with Gasteiger partial charge in [-0.2, -0.15) is 0 Å². The van der Waals surface area contributed by atoms with Crippen LogP contribution < -0.4 is 0 Å². The second kappa shape index (κ2) is 4.77. The Balaban J connectivity index is 2.75. The molecule has 0 fully saturated rings. The van der Waals surface area contributed by atoms with Gasteiger partial charge in [0.05, 0.1) is 17.9 Å². The monoisotopic (exact) mass is 220 g/mol. The van der Waals surface area contributed by atoms with Gasteiger partial charge in [0.1, 0.15) is 0 Å². The summed E-state index contributed by atoms with van der Waals surface area (Å²) in [7, 11) is -0.782. The maximum absolute atomic E-state index is 11.0. The maximum atomic E-state index is 11.0. The highest BCUT2D eigenvalue weighted by Gasteiger charge is 2.09. The number of imidazole rings is 1. The van der Waals surface area contributed by atoms with Crippen molar-refractivity contribution in [2.24, 2.45) is 0 Å². The molecule has 0 spiro atoms. The highest BCUT2D eigenvalue weighted by Crippen LogP contribution is 2.12. The van der Waals surface area contributed by atoms with Gasteiger partial charge in [-0.3, -0.25) is 4.21 Å². The Labute approximate surface area is 85.6 Å². The quantitative estimate of drug-likeness (QED) is 0.722. The van der Waals surface area contributed by atoms with E-state index in [4.69, 9.17) is 11.6 Å². The first-order chi connectivity index (χ1) is 6.15. The Bertz CT molecular complexity index is 300. The number of halogens is 1. The Kier molecular flexibility index (Phi) is 3.93. The fourth-order valence-corrected chi connectivity index (χ4v) is 2.30. The maximum Gasteiger partial charge on any atom is 0.0951 e. The van der Waals surface area contributed by atoms with Crippen molar-refractivity contribution in [2.75, 3.05) is 12.0 Å². The minimum atomic E-state index is -0.782. The summed E-state index contributed by atoms with van der Waals surface area (Å²) >= 11 is 5.72. The molecule has 13 heavy (non-hydrogen) atoms. The molecule has 0 aliphatic rings. The van der Waals surface area contributed by atoms with E-state index in [-0.39, 0.29) is 6.04 Å². The van der Waals surface area contributed by atoms with Crippen LogP contribution in [0.15, 0.2) is 12.5 Å². The van der Waals surface area contributed by atoms with Gasteiger partial charge < -0.3 is 4.57 Å². The first kappa shape index (κ1) is 10.7. The largest absolute Gasteiger partial charge is 0.330 e. The van der Waals surface area contributed by atoms with Crippen molar-refractivity contribution in [3.8, 4) is 0 Å². The lowest BCUT2D eigenvalue weighted by molar-refractivity contribution is 0.582. The lowest BCUT2D eigenvalue weighted by atomic mass is 10.3. The van der Waals surface area contributed by atoms with E-state index >= 15 is 0 Å². The SMILES string of the molecule is CC(CS(C)=O)n1cncc1CCl. The van der Waals surface area contributed by atoms with Crippen molar-refractivity contribution in [1.82, 2.24) is 9.55 Å². The summed E-state index contributed by atoms with van der Waals surface area (Å²) in [6.07, 6.45) is 5.17. The minimum absolute atomic E-state index is 0.196. The molecule has 1 aromatic heterocycles. The van der Waals surface area contributed by atoms with Gasteiger partial charge in [-0.15, -0.1) is 11.6 Å². The number of rotatable bonds is 4. The second-order valence-corrected chi connectivity index (χ2v) is 4.76. The summed E-state index contributed by atoms with van der Waals surface area (Å²) in [6, 6.07) is 0.196. The Morgan fingerprint density at radius 2 is 2.46 bits per heavy atom. The molecule has 0 amide bonds. The molecule has 0 bridgehead atoms. The van der Waals surface area contributed by atoms with Gasteiger partial charge in [-0.05, 0) is 6.92 Å². The third-order valence-electron chi connectivity index (χ3n) is 1.83. The molecule has 0 N–H and O–H groups in total. The van der Waals surface area contributed by atoms with Crippen molar-refractivity contribution in [2.45, 2.75) is 18.8 Å². The predicted octanol–water partition coefficient (Wildman–Crippen LogP) is 1.56. The molecule has 1 aromatic rings. The van der Waals surface area contributed by atoms with Gasteiger partial charge >= 0.3 is 0 Å². The Morgan fingerprint density at radius 1 is 1.77 bits per heavy atom. The molecule has 1 rings (SSSR count). The van der Waals surface area contributed by atoms with Gasteiger partial charge in [-0.25, -0.2) is 4.98 Å². The van der Waals surface area contributed by atoms with E-state index in [1.165, 1.54) is 0 Å². The summed E-state index contributed by atoms with van der Waals surface area (Å²) in [4.78, 5) is 4.00. The second-order valence-electron chi connectivity index (χ2n) is 3.01. The molecule has 0 radical (unpaired) electrons. The van der Waals surface area contributed by atoms with Crippen LogP contribution in [-0.4, -0.2) is 25.8 Å². The van der Waals surface area contributed by atoms with Crippen molar-refractivity contribution >= 4 is 22.4 Å². The predicted molar refractivity (Wildman–Crippen MR) is 55.4 cm³/mol. The summed E-state index contributed by atoms with van der Waals surface area (Å²) in [5.41, 5.74) is 0.972. The number of nitrogens with zero attached hydrogens (tertiary/aromatic N) is 2. The van der Waals surface area contributed by atoms with E-state index in [1.54, 1.807) is 18.8 Å². The van der Waals surface area contributed by atoms with Crippen LogP contribution in [0.3, 0.4) is 0 Å². The number of hydrogen-bond donors (Lipinski definition) is 0.